The van der Waals surface area contributed by atoms with Crippen molar-refractivity contribution in [2.24, 2.45) is 4.99 Å². The molecule has 1 saturated heterocycles. The van der Waals surface area contributed by atoms with E-state index >= 15 is 0 Å². The molecule has 0 spiro atoms. The van der Waals surface area contributed by atoms with E-state index in [1.807, 2.05) is 17.1 Å². The normalized spacial score (nSPS) is 15.2. The molecule has 2 heterocycles. The van der Waals surface area contributed by atoms with Crippen molar-refractivity contribution in [1.29, 1.82) is 0 Å². The molecule has 2 N–H and O–H groups in total. The Balaban J connectivity index is 0.00000280. The van der Waals surface area contributed by atoms with Crippen LogP contribution in [0, 0.1) is 6.92 Å². The van der Waals surface area contributed by atoms with Gasteiger partial charge in [-0.05, 0) is 56.9 Å². The van der Waals surface area contributed by atoms with Crippen LogP contribution >= 0.6 is 24.0 Å². The number of aliphatic imine (C=N–C) groups is 1. The molecule has 1 aliphatic heterocycles. The van der Waals surface area contributed by atoms with Gasteiger partial charge in [-0.15, -0.1) is 24.0 Å². The SMILES string of the molecule is CCNC(=NCCn1cc(C)cn1)NC(C)c1cccc(N2CCCC2)c1.I. The van der Waals surface area contributed by atoms with Gasteiger partial charge >= 0.3 is 0 Å². The number of rotatable bonds is 7. The number of halogens is 1. The number of guanidine groups is 1. The lowest BCUT2D eigenvalue weighted by molar-refractivity contribution is 0.617. The topological polar surface area (TPSA) is 57.5 Å². The van der Waals surface area contributed by atoms with Crippen molar-refractivity contribution >= 4 is 35.6 Å². The largest absolute Gasteiger partial charge is 0.372 e. The first-order chi connectivity index (χ1) is 13.2. The summed E-state index contributed by atoms with van der Waals surface area (Å²) < 4.78 is 1.94. The number of anilines is 1. The molecule has 3 rings (SSSR count). The second kappa shape index (κ2) is 11.3. The summed E-state index contributed by atoms with van der Waals surface area (Å²) in [6, 6.07) is 9.06. The van der Waals surface area contributed by atoms with E-state index in [-0.39, 0.29) is 30.0 Å². The molecular formula is C21H33IN6. The van der Waals surface area contributed by atoms with E-state index in [2.05, 4.69) is 65.7 Å². The molecule has 1 aromatic heterocycles. The summed E-state index contributed by atoms with van der Waals surface area (Å²) in [5.74, 6) is 0.848. The van der Waals surface area contributed by atoms with Gasteiger partial charge in [-0.3, -0.25) is 9.67 Å². The molecule has 1 aliphatic rings. The number of nitrogens with zero attached hydrogens (tertiary/aromatic N) is 4. The summed E-state index contributed by atoms with van der Waals surface area (Å²) in [4.78, 5) is 7.18. The number of aromatic nitrogens is 2. The highest BCUT2D eigenvalue weighted by Crippen LogP contribution is 2.23. The van der Waals surface area contributed by atoms with Crippen LogP contribution in [0.5, 0.6) is 0 Å². The Bertz CT molecular complexity index is 751. The third kappa shape index (κ3) is 6.39. The zero-order valence-corrected chi connectivity index (χ0v) is 19.5. The van der Waals surface area contributed by atoms with Crippen LogP contribution in [0.3, 0.4) is 0 Å². The van der Waals surface area contributed by atoms with Gasteiger partial charge in [-0.2, -0.15) is 5.10 Å². The quantitative estimate of drug-likeness (QED) is 0.349. The number of aryl methyl sites for hydroxylation is 1. The number of nitrogens with one attached hydrogen (secondary N) is 2. The Morgan fingerprint density at radius 2 is 2.07 bits per heavy atom. The van der Waals surface area contributed by atoms with Crippen molar-refractivity contribution in [2.75, 3.05) is 31.1 Å². The monoisotopic (exact) mass is 496 g/mol. The minimum absolute atomic E-state index is 0. The van der Waals surface area contributed by atoms with Crippen LogP contribution in [-0.4, -0.2) is 41.9 Å². The van der Waals surface area contributed by atoms with Crippen LogP contribution in [-0.2, 0) is 6.54 Å². The first-order valence-corrected chi connectivity index (χ1v) is 10.0. The van der Waals surface area contributed by atoms with Gasteiger partial charge in [0.25, 0.3) is 0 Å². The summed E-state index contributed by atoms with van der Waals surface area (Å²) in [5, 5.41) is 11.2. The molecule has 1 atom stereocenters. The van der Waals surface area contributed by atoms with E-state index in [0.717, 1.165) is 19.0 Å². The molecule has 0 amide bonds. The third-order valence-electron chi connectivity index (χ3n) is 4.90. The maximum atomic E-state index is 4.71. The Kier molecular flexibility index (Phi) is 9.08. The smallest absolute Gasteiger partial charge is 0.191 e. The predicted molar refractivity (Wildman–Crippen MR) is 128 cm³/mol. The first-order valence-electron chi connectivity index (χ1n) is 10.0. The molecule has 154 valence electrons. The molecule has 1 fully saturated rings. The summed E-state index contributed by atoms with van der Waals surface area (Å²) in [6.07, 6.45) is 6.51. The highest BCUT2D eigenvalue weighted by atomic mass is 127. The Morgan fingerprint density at radius 1 is 1.29 bits per heavy atom. The fourth-order valence-corrected chi connectivity index (χ4v) is 3.43. The van der Waals surface area contributed by atoms with Crippen molar-refractivity contribution < 1.29 is 0 Å². The van der Waals surface area contributed by atoms with Gasteiger partial charge in [0.1, 0.15) is 0 Å². The summed E-state index contributed by atoms with van der Waals surface area (Å²) in [5.41, 5.74) is 3.79. The standard InChI is InChI=1S/C21H32N6.HI/c1-4-22-21(23-10-13-27-16-17(2)15-24-27)25-18(3)19-8-7-9-20(14-19)26-11-5-6-12-26;/h7-9,14-16,18H,4-6,10-13H2,1-3H3,(H2,22,23,25);1H. The zero-order chi connectivity index (χ0) is 19.1. The highest BCUT2D eigenvalue weighted by Gasteiger charge is 2.14. The van der Waals surface area contributed by atoms with Crippen molar-refractivity contribution in [1.82, 2.24) is 20.4 Å². The van der Waals surface area contributed by atoms with Crippen molar-refractivity contribution in [3.05, 3.63) is 47.8 Å². The summed E-state index contributed by atoms with van der Waals surface area (Å²) in [6.45, 7) is 11.0. The molecule has 0 saturated carbocycles. The zero-order valence-electron chi connectivity index (χ0n) is 17.2. The van der Waals surface area contributed by atoms with Crippen LogP contribution in [0.1, 0.15) is 43.9 Å². The highest BCUT2D eigenvalue weighted by molar-refractivity contribution is 14.0. The van der Waals surface area contributed by atoms with Gasteiger partial charge in [0.2, 0.25) is 0 Å². The fraction of sp³-hybridized carbons (Fsp3) is 0.524. The lowest BCUT2D eigenvalue weighted by Gasteiger charge is -2.22. The molecule has 0 radical (unpaired) electrons. The number of hydrogen-bond donors (Lipinski definition) is 2. The average molecular weight is 496 g/mol. The van der Waals surface area contributed by atoms with Gasteiger partial charge < -0.3 is 15.5 Å². The minimum Gasteiger partial charge on any atom is -0.372 e. The summed E-state index contributed by atoms with van der Waals surface area (Å²) >= 11 is 0. The number of hydrogen-bond acceptors (Lipinski definition) is 3. The Hall–Kier alpha value is -1.77. The van der Waals surface area contributed by atoms with Crippen LogP contribution in [0.25, 0.3) is 0 Å². The fourth-order valence-electron chi connectivity index (χ4n) is 3.43. The molecule has 6 nitrogen and oxygen atoms in total. The van der Waals surface area contributed by atoms with E-state index in [9.17, 15) is 0 Å². The van der Waals surface area contributed by atoms with Gasteiger partial charge in [0, 0.05) is 31.5 Å². The second-order valence-corrected chi connectivity index (χ2v) is 7.20. The molecule has 0 bridgehead atoms. The number of benzene rings is 1. The van der Waals surface area contributed by atoms with Crippen molar-refractivity contribution in [3.8, 4) is 0 Å². The summed E-state index contributed by atoms with van der Waals surface area (Å²) in [7, 11) is 0. The van der Waals surface area contributed by atoms with Crippen LogP contribution in [0.4, 0.5) is 5.69 Å². The van der Waals surface area contributed by atoms with Gasteiger partial charge in [0.15, 0.2) is 5.96 Å². The molecule has 7 heteroatoms. The molecule has 1 unspecified atom stereocenters. The molecule has 2 aromatic rings. The van der Waals surface area contributed by atoms with Crippen LogP contribution < -0.4 is 15.5 Å². The van der Waals surface area contributed by atoms with Gasteiger partial charge in [-0.1, -0.05) is 12.1 Å². The second-order valence-electron chi connectivity index (χ2n) is 7.20. The van der Waals surface area contributed by atoms with Gasteiger partial charge in [0.05, 0.1) is 25.3 Å². The van der Waals surface area contributed by atoms with Crippen LogP contribution in [0.15, 0.2) is 41.7 Å². The molecular weight excluding hydrogens is 463 g/mol. The van der Waals surface area contributed by atoms with Crippen molar-refractivity contribution in [3.63, 3.8) is 0 Å². The first kappa shape index (κ1) is 22.5. The Morgan fingerprint density at radius 3 is 2.75 bits per heavy atom. The van der Waals surface area contributed by atoms with Crippen molar-refractivity contribution in [2.45, 2.75) is 46.2 Å². The maximum absolute atomic E-state index is 4.71. The third-order valence-corrected chi connectivity index (χ3v) is 4.90. The maximum Gasteiger partial charge on any atom is 0.191 e. The van der Waals surface area contributed by atoms with E-state index < -0.39 is 0 Å². The van der Waals surface area contributed by atoms with E-state index in [0.29, 0.717) is 6.54 Å². The lowest BCUT2D eigenvalue weighted by Crippen LogP contribution is -2.39. The minimum atomic E-state index is 0. The van der Waals surface area contributed by atoms with E-state index in [1.54, 1.807) is 0 Å². The molecule has 1 aromatic carbocycles. The molecule has 0 aliphatic carbocycles. The van der Waals surface area contributed by atoms with E-state index in [1.165, 1.54) is 42.7 Å². The molecule has 28 heavy (non-hydrogen) atoms. The Labute approximate surface area is 185 Å². The lowest BCUT2D eigenvalue weighted by atomic mass is 10.1. The predicted octanol–water partition coefficient (Wildman–Crippen LogP) is 3.73. The van der Waals surface area contributed by atoms with E-state index in [4.69, 9.17) is 4.99 Å². The average Bonchev–Trinajstić information content (AvgIpc) is 3.34. The van der Waals surface area contributed by atoms with Crippen LogP contribution in [0.2, 0.25) is 0 Å². The van der Waals surface area contributed by atoms with Gasteiger partial charge in [-0.25, -0.2) is 0 Å².